The molecule has 6 rings (SSSR count). The largest absolute Gasteiger partial charge is 0.456 e. The number of hydrogen-bond donors (Lipinski definition) is 0. The van der Waals surface area contributed by atoms with E-state index >= 15 is 0 Å². The van der Waals surface area contributed by atoms with Gasteiger partial charge in [-0.05, 0) is 72.9 Å². The number of para-hydroxylation sites is 1. The zero-order chi connectivity index (χ0) is 19.4. The van der Waals surface area contributed by atoms with E-state index in [0.717, 1.165) is 46.1 Å². The van der Waals surface area contributed by atoms with Crippen molar-refractivity contribution in [3.63, 3.8) is 0 Å². The Balaban J connectivity index is 1.60. The number of benzene rings is 2. The summed E-state index contributed by atoms with van der Waals surface area (Å²) < 4.78 is 12.3. The predicted octanol–water partition coefficient (Wildman–Crippen LogP) is 5.97. The van der Waals surface area contributed by atoms with Crippen molar-refractivity contribution in [2.45, 2.75) is 19.8 Å². The van der Waals surface area contributed by atoms with Gasteiger partial charge in [-0.2, -0.15) is 0 Å². The smallest absolute Gasteiger partial charge is 0.138 e. The Bertz CT molecular complexity index is 1500. The maximum atomic E-state index is 6.19. The van der Waals surface area contributed by atoms with Crippen molar-refractivity contribution in [1.82, 2.24) is 0 Å². The lowest BCUT2D eigenvalue weighted by Crippen LogP contribution is -2.18. The van der Waals surface area contributed by atoms with Gasteiger partial charge in [0.15, 0.2) is 0 Å². The van der Waals surface area contributed by atoms with E-state index in [1.165, 1.54) is 27.3 Å². The average Bonchev–Trinajstić information content (AvgIpc) is 3.05. The van der Waals surface area contributed by atoms with Crippen molar-refractivity contribution in [3.05, 3.63) is 87.7 Å². The first-order valence-corrected chi connectivity index (χ1v) is 10.1. The van der Waals surface area contributed by atoms with Gasteiger partial charge in [-0.3, -0.25) is 0 Å². The van der Waals surface area contributed by atoms with Crippen LogP contribution in [0.1, 0.15) is 35.3 Å². The Hall–Kier alpha value is -3.52. The van der Waals surface area contributed by atoms with Gasteiger partial charge in [0.25, 0.3) is 0 Å². The van der Waals surface area contributed by atoms with Gasteiger partial charge in [0, 0.05) is 21.6 Å². The molecule has 0 saturated heterocycles. The van der Waals surface area contributed by atoms with E-state index < -0.39 is 0 Å². The summed E-state index contributed by atoms with van der Waals surface area (Å²) in [6.45, 7) is 2.14. The Labute approximate surface area is 168 Å². The second kappa shape index (κ2) is 6.25. The monoisotopic (exact) mass is 376 g/mol. The highest BCUT2D eigenvalue weighted by Crippen LogP contribution is 2.35. The van der Waals surface area contributed by atoms with Crippen LogP contribution in [0.25, 0.3) is 51.8 Å². The minimum atomic E-state index is 0.874. The third-order valence-corrected chi connectivity index (χ3v) is 5.84. The fourth-order valence-electron chi connectivity index (χ4n) is 4.42. The number of furan rings is 2. The van der Waals surface area contributed by atoms with Gasteiger partial charge < -0.3 is 8.83 Å². The van der Waals surface area contributed by atoms with E-state index in [1.54, 1.807) is 0 Å². The van der Waals surface area contributed by atoms with E-state index in [9.17, 15) is 0 Å². The minimum absolute atomic E-state index is 0.874. The molecule has 0 aliphatic heterocycles. The molecule has 0 N–H and O–H groups in total. The maximum Gasteiger partial charge on any atom is 0.138 e. The first kappa shape index (κ1) is 16.4. The molecule has 2 nitrogen and oxygen atoms in total. The molecule has 4 aromatic rings. The molecule has 0 atom stereocenters. The highest BCUT2D eigenvalue weighted by Gasteiger charge is 2.16. The van der Waals surface area contributed by atoms with Crippen LogP contribution in [-0.2, 0) is 0 Å². The SMILES string of the molecule is Cc1cc(C2=Cc3c(oc4ccccc34)C=CC2)cc2c3c(oc12)=CCC=CC=3. The normalized spacial score (nSPS) is 15.3. The molecule has 2 aliphatic rings. The van der Waals surface area contributed by atoms with Gasteiger partial charge in [-0.1, -0.05) is 42.5 Å². The second-order valence-corrected chi connectivity index (χ2v) is 7.74. The lowest BCUT2D eigenvalue weighted by molar-refractivity contribution is 0.572. The van der Waals surface area contributed by atoms with Gasteiger partial charge >= 0.3 is 0 Å². The van der Waals surface area contributed by atoms with Crippen LogP contribution < -0.4 is 10.6 Å². The fraction of sp³-hybridized carbons (Fsp3) is 0.111. The van der Waals surface area contributed by atoms with Gasteiger partial charge in [0.1, 0.15) is 22.3 Å². The van der Waals surface area contributed by atoms with Crippen molar-refractivity contribution in [1.29, 1.82) is 0 Å². The molecule has 0 fully saturated rings. The van der Waals surface area contributed by atoms with Crippen molar-refractivity contribution < 1.29 is 8.83 Å². The zero-order valence-corrected chi connectivity index (χ0v) is 16.2. The Kier molecular flexibility index (Phi) is 3.54. The van der Waals surface area contributed by atoms with Crippen molar-refractivity contribution in [3.8, 4) is 0 Å². The van der Waals surface area contributed by atoms with Crippen LogP contribution in [0.5, 0.6) is 0 Å². The summed E-state index contributed by atoms with van der Waals surface area (Å²) in [5.74, 6) is 0.934. The number of allylic oxidation sites excluding steroid dienone is 4. The van der Waals surface area contributed by atoms with Gasteiger partial charge in [0.05, 0.1) is 0 Å². The average molecular weight is 376 g/mol. The van der Waals surface area contributed by atoms with E-state index in [2.05, 4.69) is 73.7 Å². The van der Waals surface area contributed by atoms with Crippen molar-refractivity contribution in [2.75, 3.05) is 0 Å². The summed E-state index contributed by atoms with van der Waals surface area (Å²) in [6, 6.07) is 12.8. The predicted molar refractivity (Wildman–Crippen MR) is 121 cm³/mol. The number of rotatable bonds is 1. The zero-order valence-electron chi connectivity index (χ0n) is 16.2. The highest BCUT2D eigenvalue weighted by molar-refractivity contribution is 5.99. The summed E-state index contributed by atoms with van der Waals surface area (Å²) >= 11 is 0. The molecule has 0 saturated carbocycles. The van der Waals surface area contributed by atoms with Gasteiger partial charge in [-0.15, -0.1) is 0 Å². The lowest BCUT2D eigenvalue weighted by Gasteiger charge is -2.07. The molecule has 0 spiro atoms. The topological polar surface area (TPSA) is 26.3 Å². The Morgan fingerprint density at radius 3 is 2.86 bits per heavy atom. The van der Waals surface area contributed by atoms with E-state index in [0.29, 0.717) is 0 Å². The van der Waals surface area contributed by atoms with Crippen LogP contribution in [-0.4, -0.2) is 0 Å². The van der Waals surface area contributed by atoms with Gasteiger partial charge in [0.2, 0.25) is 0 Å². The highest BCUT2D eigenvalue weighted by atomic mass is 16.3. The molecule has 140 valence electrons. The molecule has 0 radical (unpaired) electrons. The molecule has 2 aliphatic carbocycles. The van der Waals surface area contributed by atoms with Crippen LogP contribution in [0.3, 0.4) is 0 Å². The molecule has 0 unspecified atom stereocenters. The summed E-state index contributed by atoms with van der Waals surface area (Å²) in [5.41, 5.74) is 7.76. The van der Waals surface area contributed by atoms with Crippen LogP contribution in [0.15, 0.2) is 63.5 Å². The first-order chi connectivity index (χ1) is 14.3. The van der Waals surface area contributed by atoms with Crippen LogP contribution in [0.4, 0.5) is 0 Å². The third-order valence-electron chi connectivity index (χ3n) is 5.84. The molecule has 0 bridgehead atoms. The van der Waals surface area contributed by atoms with E-state index in [1.807, 2.05) is 12.1 Å². The van der Waals surface area contributed by atoms with Gasteiger partial charge in [-0.25, -0.2) is 0 Å². The van der Waals surface area contributed by atoms with E-state index in [4.69, 9.17) is 8.83 Å². The molecule has 2 aromatic carbocycles. The Morgan fingerprint density at radius 2 is 1.90 bits per heavy atom. The van der Waals surface area contributed by atoms with Crippen molar-refractivity contribution >= 4 is 51.8 Å². The third kappa shape index (κ3) is 2.56. The summed E-state index contributed by atoms with van der Waals surface area (Å²) in [6.07, 6.45) is 17.0. The summed E-state index contributed by atoms with van der Waals surface area (Å²) in [7, 11) is 0. The summed E-state index contributed by atoms with van der Waals surface area (Å²) in [4.78, 5) is 0. The summed E-state index contributed by atoms with van der Waals surface area (Å²) in [5, 5.41) is 3.52. The molecule has 29 heavy (non-hydrogen) atoms. The molecule has 0 amide bonds. The van der Waals surface area contributed by atoms with E-state index in [-0.39, 0.29) is 0 Å². The van der Waals surface area contributed by atoms with Crippen LogP contribution in [0.2, 0.25) is 0 Å². The standard InChI is InChI=1S/C27H20O2/c1-17-14-19(16-23-21-9-3-2-4-11-25(21)29-27(17)23)18-8-7-13-26-22(15-18)20-10-5-6-12-24(20)28-26/h2-3,5-7,9-16H,4,8H2,1H3. The Morgan fingerprint density at radius 1 is 0.966 bits per heavy atom. The number of fused-ring (bicyclic) bond motifs is 6. The fourth-order valence-corrected chi connectivity index (χ4v) is 4.42. The lowest BCUT2D eigenvalue weighted by atomic mass is 9.97. The second-order valence-electron chi connectivity index (χ2n) is 7.74. The number of hydrogen-bond acceptors (Lipinski definition) is 2. The molecule has 2 heteroatoms. The first-order valence-electron chi connectivity index (χ1n) is 10.1. The van der Waals surface area contributed by atoms with Crippen LogP contribution in [0, 0.1) is 6.92 Å². The molecule has 2 heterocycles. The van der Waals surface area contributed by atoms with Crippen LogP contribution >= 0.6 is 0 Å². The quantitative estimate of drug-likeness (QED) is 0.409. The number of aryl methyl sites for hydroxylation is 1. The minimum Gasteiger partial charge on any atom is -0.456 e. The van der Waals surface area contributed by atoms with Crippen molar-refractivity contribution in [2.24, 2.45) is 0 Å². The molecular formula is C27H20O2. The maximum absolute atomic E-state index is 6.19. The molecular weight excluding hydrogens is 356 g/mol. The molecule has 2 aromatic heterocycles.